The van der Waals surface area contributed by atoms with E-state index in [1.54, 1.807) is 0 Å². The van der Waals surface area contributed by atoms with Crippen LogP contribution < -0.4 is 35.3 Å². The summed E-state index contributed by atoms with van der Waals surface area (Å²) >= 11 is 0. The molecule has 44 heavy (non-hydrogen) atoms. The third-order valence-electron chi connectivity index (χ3n) is 8.67. The maximum atomic E-state index is 3.98. The average Bonchev–Trinajstić information content (AvgIpc) is 3.56. The molecule has 6 rings (SSSR count). The number of hydrogen-bond acceptors (Lipinski definition) is 0. The summed E-state index contributed by atoms with van der Waals surface area (Å²) in [5.41, 5.74) is 13.3. The molecule has 0 bridgehead atoms. The largest absolute Gasteiger partial charge is 3.00 e. The number of rotatable bonds is 3. The van der Waals surface area contributed by atoms with Gasteiger partial charge in [-0.2, -0.15) is 0 Å². The summed E-state index contributed by atoms with van der Waals surface area (Å²) < 4.78 is 0. The minimum atomic E-state index is -0.0785. The summed E-state index contributed by atoms with van der Waals surface area (Å²) in [6.07, 6.45) is 11.7. The van der Waals surface area contributed by atoms with E-state index in [1.165, 1.54) is 76.5 Å². The second kappa shape index (κ2) is 13.5. The second-order valence-corrected chi connectivity index (χ2v) is 13.8. The molecular formula is C41H41Cl2Zr. The quantitative estimate of drug-likeness (QED) is 0.255. The zero-order valence-corrected chi connectivity index (χ0v) is 31.1. The van der Waals surface area contributed by atoms with E-state index < -0.39 is 0 Å². The first-order valence-electron chi connectivity index (χ1n) is 14.9. The van der Waals surface area contributed by atoms with E-state index in [9.17, 15) is 0 Å². The molecule has 0 heterocycles. The Morgan fingerprint density at radius 3 is 1.80 bits per heavy atom. The maximum absolute atomic E-state index is 3.98. The van der Waals surface area contributed by atoms with Gasteiger partial charge < -0.3 is 24.8 Å². The van der Waals surface area contributed by atoms with Gasteiger partial charge in [-0.25, -0.2) is 0 Å². The van der Waals surface area contributed by atoms with Crippen molar-refractivity contribution in [3.8, 4) is 0 Å². The van der Waals surface area contributed by atoms with Gasteiger partial charge in [-0.1, -0.05) is 154 Å². The molecule has 223 valence electrons. The first-order chi connectivity index (χ1) is 19.5. The third-order valence-corrected chi connectivity index (χ3v) is 8.67. The smallest absolute Gasteiger partial charge is 1.00 e. The number of benzene rings is 4. The first kappa shape index (κ1) is 36.0. The van der Waals surface area contributed by atoms with Crippen LogP contribution in [-0.2, 0) is 37.0 Å². The Hall–Kier alpha value is -2.44. The molecule has 0 saturated heterocycles. The van der Waals surface area contributed by atoms with Gasteiger partial charge in [0.1, 0.15) is 0 Å². The van der Waals surface area contributed by atoms with Crippen LogP contribution in [0.1, 0.15) is 92.5 Å². The summed E-state index contributed by atoms with van der Waals surface area (Å²) in [4.78, 5) is 0. The summed E-state index contributed by atoms with van der Waals surface area (Å²) in [6, 6.07) is 26.8. The minimum absolute atomic E-state index is 0. The topological polar surface area (TPSA) is 0 Å². The first-order valence-corrected chi connectivity index (χ1v) is 14.9. The molecule has 2 aliphatic carbocycles. The SMILES string of the molecule is Cc1cc2c(cc1C(C)(C)C)=c1c(c(C3=CC=CC3)c(C)c(C(C)(C)C)c1=C(c1ccccc1)c1ccccc1)[C-]=2.[Cl-].[Cl-].[Zr+3]. The van der Waals surface area contributed by atoms with Gasteiger partial charge in [-0.05, 0) is 58.6 Å². The molecule has 4 aromatic rings. The van der Waals surface area contributed by atoms with Crippen LogP contribution in [0.2, 0.25) is 0 Å². The third kappa shape index (κ3) is 6.31. The standard InChI is InChI=1S/C41H41.2ClH.Zr/c1-26-23-31-24-33-35(28-21-15-16-22-28)27(2)39(41(6,7)8)38(37(33)32(31)25-34(26)40(3,4)5)36(29-17-11-9-12-18-29)30-19-13-10-14-20-30;;;/h9-21,23,25H,22H2,1-8H3;2*1H;/q-1;;;+3/p-2. The van der Waals surface area contributed by atoms with E-state index in [0.29, 0.717) is 0 Å². The normalized spacial score (nSPS) is 13.0. The van der Waals surface area contributed by atoms with Crippen LogP contribution in [0.5, 0.6) is 0 Å². The van der Waals surface area contributed by atoms with Gasteiger partial charge in [-0.3, -0.25) is 0 Å². The molecule has 0 aromatic heterocycles. The molecule has 0 spiro atoms. The molecule has 0 fully saturated rings. The number of hydrogen-bond donors (Lipinski definition) is 0. The van der Waals surface area contributed by atoms with Crippen molar-refractivity contribution in [3.05, 3.63) is 156 Å². The number of aryl methyl sites for hydroxylation is 1. The van der Waals surface area contributed by atoms with Crippen LogP contribution in [0.4, 0.5) is 0 Å². The van der Waals surface area contributed by atoms with Gasteiger partial charge in [0.15, 0.2) is 0 Å². The van der Waals surface area contributed by atoms with Crippen LogP contribution in [0.15, 0.2) is 91.0 Å². The summed E-state index contributed by atoms with van der Waals surface area (Å²) in [7, 11) is 0. The second-order valence-electron chi connectivity index (χ2n) is 13.8. The maximum Gasteiger partial charge on any atom is 3.00 e. The summed E-state index contributed by atoms with van der Waals surface area (Å²) in [5.74, 6) is 0. The number of allylic oxidation sites excluding steroid dienone is 4. The van der Waals surface area contributed by atoms with E-state index in [1.807, 2.05) is 0 Å². The van der Waals surface area contributed by atoms with Crippen molar-refractivity contribution < 1.29 is 51.0 Å². The molecule has 2 aliphatic rings. The monoisotopic (exact) mass is 693 g/mol. The molecule has 0 saturated carbocycles. The van der Waals surface area contributed by atoms with E-state index in [2.05, 4.69) is 152 Å². The Bertz CT molecular complexity index is 1930. The van der Waals surface area contributed by atoms with Crippen molar-refractivity contribution in [3.63, 3.8) is 0 Å². The molecule has 4 aromatic carbocycles. The minimum Gasteiger partial charge on any atom is -1.00 e. The van der Waals surface area contributed by atoms with Crippen LogP contribution in [0.25, 0.3) is 17.2 Å². The molecule has 0 unspecified atom stereocenters. The molecule has 0 nitrogen and oxygen atoms in total. The number of halogens is 2. The zero-order valence-electron chi connectivity index (χ0n) is 27.1. The fourth-order valence-electron chi connectivity index (χ4n) is 7.12. The van der Waals surface area contributed by atoms with Crippen molar-refractivity contribution in [2.24, 2.45) is 0 Å². The van der Waals surface area contributed by atoms with Gasteiger partial charge >= 0.3 is 26.2 Å². The molecular weight excluding hydrogens is 655 g/mol. The Kier molecular flexibility index (Phi) is 11.1. The summed E-state index contributed by atoms with van der Waals surface area (Å²) in [5, 5.41) is 5.22. The van der Waals surface area contributed by atoms with E-state index in [4.69, 9.17) is 0 Å². The van der Waals surface area contributed by atoms with E-state index in [0.717, 1.165) is 6.42 Å². The van der Waals surface area contributed by atoms with Gasteiger partial charge in [0.2, 0.25) is 0 Å². The van der Waals surface area contributed by atoms with E-state index in [-0.39, 0.29) is 61.8 Å². The van der Waals surface area contributed by atoms with Crippen molar-refractivity contribution in [1.82, 2.24) is 0 Å². The fourth-order valence-corrected chi connectivity index (χ4v) is 7.12. The van der Waals surface area contributed by atoms with Crippen LogP contribution in [-0.4, -0.2) is 0 Å². The Morgan fingerprint density at radius 1 is 0.750 bits per heavy atom. The average molecular weight is 696 g/mol. The molecule has 0 N–H and O–H groups in total. The zero-order chi connectivity index (χ0) is 29.1. The Labute approximate surface area is 295 Å². The van der Waals surface area contributed by atoms with Crippen molar-refractivity contribution in [2.45, 2.75) is 72.6 Å². The molecule has 0 aliphatic heterocycles. The number of fused-ring (bicyclic) bond motifs is 2. The molecule has 0 atom stereocenters. The van der Waals surface area contributed by atoms with Gasteiger partial charge in [-0.15, -0.1) is 33.4 Å². The van der Waals surface area contributed by atoms with Gasteiger partial charge in [0, 0.05) is 0 Å². The van der Waals surface area contributed by atoms with Crippen molar-refractivity contribution >= 4 is 17.2 Å². The fraction of sp³-hybridized carbons (Fsp3) is 0.268. The molecule has 1 radical (unpaired) electrons. The Morgan fingerprint density at radius 2 is 1.32 bits per heavy atom. The van der Waals surface area contributed by atoms with E-state index >= 15 is 0 Å². The van der Waals surface area contributed by atoms with Crippen LogP contribution in [0.3, 0.4) is 0 Å². The molecule has 0 amide bonds. The van der Waals surface area contributed by atoms with Crippen LogP contribution in [0, 0.1) is 24.3 Å². The van der Waals surface area contributed by atoms with Gasteiger partial charge in [0.25, 0.3) is 0 Å². The molecule has 3 heteroatoms. The predicted molar refractivity (Wildman–Crippen MR) is 175 cm³/mol. The van der Waals surface area contributed by atoms with Crippen molar-refractivity contribution in [2.75, 3.05) is 0 Å². The van der Waals surface area contributed by atoms with Crippen molar-refractivity contribution in [1.29, 1.82) is 0 Å². The van der Waals surface area contributed by atoms with Crippen LogP contribution >= 0.6 is 0 Å². The van der Waals surface area contributed by atoms with Gasteiger partial charge in [0.05, 0.1) is 0 Å². The predicted octanol–water partition coefficient (Wildman–Crippen LogP) is 2.80. The Balaban J connectivity index is 0.00000176. The summed E-state index contributed by atoms with van der Waals surface area (Å²) in [6.45, 7) is 18.7.